The van der Waals surface area contributed by atoms with Gasteiger partial charge in [0.1, 0.15) is 23.7 Å². The first kappa shape index (κ1) is 28.1. The summed E-state index contributed by atoms with van der Waals surface area (Å²) in [7, 11) is 0. The minimum absolute atomic E-state index is 0.220. The number of carbonyl (C=O) groups excluding carboxylic acids is 1. The molecule has 1 aliphatic heterocycles. The summed E-state index contributed by atoms with van der Waals surface area (Å²) in [6.45, 7) is 6.45. The van der Waals surface area contributed by atoms with Crippen LogP contribution in [0.4, 0.5) is 0 Å². The van der Waals surface area contributed by atoms with Crippen molar-refractivity contribution in [2.45, 2.75) is 54.9 Å². The van der Waals surface area contributed by atoms with Gasteiger partial charge in [-0.15, -0.1) is 6.58 Å². The Kier molecular flexibility index (Phi) is 11.0. The summed E-state index contributed by atoms with van der Waals surface area (Å²) in [6, 6.07) is 29.8. The van der Waals surface area contributed by atoms with Crippen LogP contribution in [0.25, 0.3) is 0 Å². The van der Waals surface area contributed by atoms with E-state index in [9.17, 15) is 4.79 Å². The largest absolute Gasteiger partial charge is 0.457 e. The van der Waals surface area contributed by atoms with E-state index in [2.05, 4.69) is 6.58 Å². The Morgan fingerprint density at radius 2 is 1.45 bits per heavy atom. The molecule has 0 spiro atoms. The van der Waals surface area contributed by atoms with Gasteiger partial charge in [-0.2, -0.15) is 0 Å². The fourth-order valence-electron chi connectivity index (χ4n) is 4.25. The molecule has 0 aromatic heterocycles. The number of rotatable bonds is 13. The molecule has 1 aliphatic rings. The van der Waals surface area contributed by atoms with Gasteiger partial charge >= 0.3 is 5.97 Å². The molecule has 0 bridgehead atoms. The summed E-state index contributed by atoms with van der Waals surface area (Å²) in [5, 5.41) is 0. The van der Waals surface area contributed by atoms with Crippen molar-refractivity contribution in [1.29, 1.82) is 0 Å². The fourth-order valence-corrected chi connectivity index (χ4v) is 5.40. The lowest BCUT2D eigenvalue weighted by Crippen LogP contribution is -2.60. The Morgan fingerprint density at radius 3 is 2.05 bits per heavy atom. The van der Waals surface area contributed by atoms with E-state index in [-0.39, 0.29) is 13.2 Å². The van der Waals surface area contributed by atoms with Crippen molar-refractivity contribution in [2.24, 2.45) is 0 Å². The van der Waals surface area contributed by atoms with E-state index in [0.717, 1.165) is 16.0 Å². The van der Waals surface area contributed by atoms with E-state index in [1.165, 1.54) is 6.92 Å². The zero-order chi connectivity index (χ0) is 26.6. The minimum atomic E-state index is -0.725. The van der Waals surface area contributed by atoms with Gasteiger partial charge in [0.05, 0.1) is 26.4 Å². The number of benzene rings is 3. The van der Waals surface area contributed by atoms with Gasteiger partial charge in [-0.25, -0.2) is 0 Å². The van der Waals surface area contributed by atoms with E-state index >= 15 is 0 Å². The lowest BCUT2D eigenvalue weighted by Gasteiger charge is -2.45. The molecular formula is C31H34O6S. The van der Waals surface area contributed by atoms with Crippen LogP contribution in [0.3, 0.4) is 0 Å². The van der Waals surface area contributed by atoms with Crippen molar-refractivity contribution in [1.82, 2.24) is 0 Å². The number of thioether (sulfide) groups is 1. The third-order valence-electron chi connectivity index (χ3n) is 5.97. The molecule has 3 aromatic carbocycles. The molecular weight excluding hydrogens is 500 g/mol. The highest BCUT2D eigenvalue weighted by molar-refractivity contribution is 7.99. The van der Waals surface area contributed by atoms with E-state index in [1.54, 1.807) is 17.8 Å². The highest BCUT2D eigenvalue weighted by Gasteiger charge is 2.49. The van der Waals surface area contributed by atoms with Gasteiger partial charge in [0.2, 0.25) is 0 Å². The van der Waals surface area contributed by atoms with E-state index in [1.807, 2.05) is 91.0 Å². The smallest absolute Gasteiger partial charge is 0.303 e. The molecule has 1 heterocycles. The molecule has 1 saturated heterocycles. The molecule has 0 unspecified atom stereocenters. The molecule has 6 nitrogen and oxygen atoms in total. The Morgan fingerprint density at radius 1 is 0.842 bits per heavy atom. The zero-order valence-electron chi connectivity index (χ0n) is 21.5. The van der Waals surface area contributed by atoms with Crippen LogP contribution in [0, 0.1) is 0 Å². The second-order valence-corrected chi connectivity index (χ2v) is 10.1. The van der Waals surface area contributed by atoms with Crippen molar-refractivity contribution >= 4 is 17.7 Å². The molecule has 0 radical (unpaired) electrons. The topological polar surface area (TPSA) is 63.2 Å². The van der Waals surface area contributed by atoms with Gasteiger partial charge < -0.3 is 23.7 Å². The molecule has 7 heteroatoms. The molecule has 200 valence electrons. The molecule has 38 heavy (non-hydrogen) atoms. The van der Waals surface area contributed by atoms with E-state index < -0.39 is 35.8 Å². The molecule has 0 amide bonds. The fraction of sp³-hybridized carbons (Fsp3) is 0.323. The van der Waals surface area contributed by atoms with Crippen LogP contribution in [0.1, 0.15) is 18.1 Å². The van der Waals surface area contributed by atoms with Crippen molar-refractivity contribution in [3.63, 3.8) is 0 Å². The average molecular weight is 535 g/mol. The van der Waals surface area contributed by atoms with Crippen molar-refractivity contribution in [2.75, 3.05) is 13.2 Å². The summed E-state index contributed by atoms with van der Waals surface area (Å²) in [4.78, 5) is 13.2. The van der Waals surface area contributed by atoms with Gasteiger partial charge in [0.15, 0.2) is 6.10 Å². The SMILES string of the molecule is C=CCO[C@@H]1[C@H](OCc2ccccc2)[C@@H](Sc2ccccc2)O[C@H](COCc2ccccc2)[C@H]1OC(C)=O. The first-order valence-corrected chi connectivity index (χ1v) is 13.6. The number of carbonyl (C=O) groups is 1. The van der Waals surface area contributed by atoms with Crippen molar-refractivity contribution in [3.8, 4) is 0 Å². The molecule has 0 aliphatic carbocycles. The van der Waals surface area contributed by atoms with Crippen LogP contribution >= 0.6 is 11.8 Å². The highest BCUT2D eigenvalue weighted by atomic mass is 32.2. The molecule has 3 aromatic rings. The van der Waals surface area contributed by atoms with Gasteiger partial charge in [0.25, 0.3) is 0 Å². The van der Waals surface area contributed by atoms with Gasteiger partial charge in [-0.3, -0.25) is 4.79 Å². The number of ether oxygens (including phenoxy) is 5. The summed E-state index contributed by atoms with van der Waals surface area (Å²) in [5.74, 6) is -0.421. The van der Waals surface area contributed by atoms with Crippen molar-refractivity contribution < 1.29 is 28.5 Å². The van der Waals surface area contributed by atoms with Gasteiger partial charge in [-0.05, 0) is 23.3 Å². The lowest BCUT2D eigenvalue weighted by molar-refractivity contribution is -0.243. The maximum Gasteiger partial charge on any atom is 0.303 e. The number of hydrogen-bond donors (Lipinski definition) is 0. The lowest BCUT2D eigenvalue weighted by atomic mass is 9.99. The first-order valence-electron chi connectivity index (χ1n) is 12.7. The maximum atomic E-state index is 12.2. The average Bonchev–Trinajstić information content (AvgIpc) is 2.94. The van der Waals surface area contributed by atoms with Crippen LogP contribution < -0.4 is 0 Å². The summed E-state index contributed by atoms with van der Waals surface area (Å²) in [5.41, 5.74) is 1.63. The monoisotopic (exact) mass is 534 g/mol. The van der Waals surface area contributed by atoms with E-state index in [4.69, 9.17) is 23.7 Å². The molecule has 1 fully saturated rings. The van der Waals surface area contributed by atoms with Crippen LogP contribution in [0.5, 0.6) is 0 Å². The molecule has 5 atom stereocenters. The second kappa shape index (κ2) is 14.9. The Bertz CT molecular complexity index is 1110. The summed E-state index contributed by atoms with van der Waals surface area (Å²) in [6.07, 6.45) is -0.739. The van der Waals surface area contributed by atoms with E-state index in [0.29, 0.717) is 13.2 Å². The Labute approximate surface area is 228 Å². The normalized spacial score (nSPS) is 23.0. The van der Waals surface area contributed by atoms with Gasteiger partial charge in [-0.1, -0.05) is 96.7 Å². The third kappa shape index (κ3) is 8.28. The molecule has 0 N–H and O–H groups in total. The quantitative estimate of drug-likeness (QED) is 0.203. The highest BCUT2D eigenvalue weighted by Crippen LogP contribution is 2.37. The Hall–Kier alpha value is -2.94. The minimum Gasteiger partial charge on any atom is -0.457 e. The first-order chi connectivity index (χ1) is 18.6. The standard InChI is InChI=1S/C31H34O6S/c1-3-19-34-29-28(36-23(2)32)27(22-33-20-24-13-7-4-8-14-24)37-31(38-26-17-11-6-12-18-26)30(29)35-21-25-15-9-5-10-16-25/h3-18,27-31H,1,19-22H2,2H3/t27-,28-,29+,30+,31-/m1/s1. The molecule has 0 saturated carbocycles. The maximum absolute atomic E-state index is 12.2. The number of hydrogen-bond acceptors (Lipinski definition) is 7. The zero-order valence-corrected chi connectivity index (χ0v) is 22.3. The molecule has 4 rings (SSSR count). The Balaban J connectivity index is 1.59. The van der Waals surface area contributed by atoms with Crippen LogP contribution in [-0.2, 0) is 41.7 Å². The predicted octanol–water partition coefficient (Wildman–Crippen LogP) is 5.81. The van der Waals surface area contributed by atoms with Crippen molar-refractivity contribution in [3.05, 3.63) is 115 Å². The number of esters is 1. The van der Waals surface area contributed by atoms with Gasteiger partial charge in [0, 0.05) is 11.8 Å². The van der Waals surface area contributed by atoms with Crippen LogP contribution in [-0.4, -0.2) is 49.0 Å². The summed E-state index contributed by atoms with van der Waals surface area (Å²) >= 11 is 1.55. The van der Waals surface area contributed by atoms with Crippen LogP contribution in [0.2, 0.25) is 0 Å². The third-order valence-corrected chi connectivity index (χ3v) is 7.13. The second-order valence-electron chi connectivity index (χ2n) is 8.90. The summed E-state index contributed by atoms with van der Waals surface area (Å²) < 4.78 is 31.1. The van der Waals surface area contributed by atoms with Crippen LogP contribution in [0.15, 0.2) is 109 Å². The predicted molar refractivity (Wildman–Crippen MR) is 148 cm³/mol.